The van der Waals surface area contributed by atoms with Gasteiger partial charge in [0.25, 0.3) is 10.1 Å². The summed E-state index contributed by atoms with van der Waals surface area (Å²) in [6, 6.07) is 21.2. The van der Waals surface area contributed by atoms with Crippen LogP contribution in [0.25, 0.3) is 0 Å². The van der Waals surface area contributed by atoms with Crippen molar-refractivity contribution in [2.45, 2.75) is 139 Å². The Morgan fingerprint density at radius 3 is 1.46 bits per heavy atom. The molecule has 0 atom stereocenters. The van der Waals surface area contributed by atoms with E-state index in [0.717, 1.165) is 43.7 Å². The number of hydrogen-bond donors (Lipinski definition) is 2. The van der Waals surface area contributed by atoms with E-state index in [1.807, 2.05) is 12.1 Å². The zero-order valence-electron chi connectivity index (χ0n) is 33.5. The minimum Gasteiger partial charge on any atom is -0.870 e. The van der Waals surface area contributed by atoms with Crippen molar-refractivity contribution in [3.8, 4) is 34.5 Å². The average Bonchev–Trinajstić information content (AvgIpc) is 3.16. The third-order valence-electron chi connectivity index (χ3n) is 9.40. The first-order valence-electron chi connectivity index (χ1n) is 19.9. The Kier molecular flexibility index (Phi) is 23.8. The van der Waals surface area contributed by atoms with Crippen LogP contribution >= 0.6 is 0 Å². The smallest absolute Gasteiger partial charge is 0.870 e. The van der Waals surface area contributed by atoms with Gasteiger partial charge < -0.3 is 24.2 Å². The van der Waals surface area contributed by atoms with Crippen molar-refractivity contribution in [3.63, 3.8) is 0 Å². The van der Waals surface area contributed by atoms with Gasteiger partial charge in [0.2, 0.25) is 0 Å². The molecule has 0 unspecified atom stereocenters. The van der Waals surface area contributed by atoms with Gasteiger partial charge >= 0.3 is 37.7 Å². The van der Waals surface area contributed by atoms with Crippen LogP contribution in [0, 0.1) is 0 Å². The van der Waals surface area contributed by atoms with Crippen molar-refractivity contribution in [2.24, 2.45) is 0 Å². The summed E-state index contributed by atoms with van der Waals surface area (Å²) in [5.74, 6) is 0.665. The van der Waals surface area contributed by atoms with Gasteiger partial charge in [0.15, 0.2) is 11.5 Å². The summed E-state index contributed by atoms with van der Waals surface area (Å²) in [5, 5.41) is 23.1. The molecule has 0 heterocycles. The average molecular weight is 851 g/mol. The normalized spacial score (nSPS) is 11.3. The maximum atomic E-state index is 12.6. The number of phenols is 1. The largest absolute Gasteiger partial charge is 2.00 e. The molecule has 2 N–H and O–H groups in total. The van der Waals surface area contributed by atoms with Crippen LogP contribution in [0.5, 0.6) is 34.5 Å². The van der Waals surface area contributed by atoms with Crippen molar-refractivity contribution in [1.82, 2.24) is 0 Å². The minimum absolute atomic E-state index is 0. The molecule has 0 fully saturated rings. The maximum Gasteiger partial charge on any atom is 2.00 e. The van der Waals surface area contributed by atoms with Gasteiger partial charge in [-0.1, -0.05) is 151 Å². The number of benzene rings is 4. The number of ether oxygens (including phenoxy) is 2. The maximum absolute atomic E-state index is 12.6. The van der Waals surface area contributed by atoms with Gasteiger partial charge in [-0.2, -0.15) is 8.42 Å². The topological polar surface area (TPSA) is 173 Å². The number of para-hydroxylation sites is 2. The molecule has 0 spiro atoms. The summed E-state index contributed by atoms with van der Waals surface area (Å²) in [6.45, 7) is 4.43. The molecular weight excluding hydrogens is 793 g/mol. The van der Waals surface area contributed by atoms with Crippen molar-refractivity contribution < 1.29 is 45.6 Å². The molecule has 0 saturated carbocycles. The third kappa shape index (κ3) is 19.2. The van der Waals surface area contributed by atoms with Crippen molar-refractivity contribution >= 4 is 58.0 Å². The SMILES string of the molecule is CCCCCCCCCCc1cccc(Oc2cccc(S(=O)(=O)O)c2)c1O.CCCCCCCCCCc1cccc(Oc2cccc(S(=O)(=O)[O-])c2)c1[O-].[Ca+2]. The molecule has 4 aromatic rings. The van der Waals surface area contributed by atoms with Gasteiger partial charge in [-0.3, -0.25) is 4.55 Å². The van der Waals surface area contributed by atoms with E-state index in [-0.39, 0.29) is 82.0 Å². The van der Waals surface area contributed by atoms with Crippen LogP contribution in [-0.2, 0) is 33.1 Å². The Bertz CT molecular complexity index is 1840. The molecule has 308 valence electrons. The van der Waals surface area contributed by atoms with Crippen LogP contribution in [0.2, 0.25) is 0 Å². The van der Waals surface area contributed by atoms with E-state index in [4.69, 9.17) is 14.0 Å². The fraction of sp³-hybridized carbons (Fsp3) is 0.455. The minimum atomic E-state index is -4.57. The quantitative estimate of drug-likeness (QED) is 0.0392. The van der Waals surface area contributed by atoms with Gasteiger partial charge in [0.1, 0.15) is 27.4 Å². The van der Waals surface area contributed by atoms with E-state index in [9.17, 15) is 31.6 Å². The molecule has 0 aliphatic rings. The van der Waals surface area contributed by atoms with Crippen LogP contribution in [-0.4, -0.2) is 68.8 Å². The van der Waals surface area contributed by atoms with Crippen LogP contribution in [0.4, 0.5) is 0 Å². The predicted octanol–water partition coefficient (Wildman–Crippen LogP) is 10.9. The van der Waals surface area contributed by atoms with Crippen molar-refractivity contribution in [2.75, 3.05) is 0 Å². The van der Waals surface area contributed by atoms with Crippen LogP contribution in [0.1, 0.15) is 128 Å². The van der Waals surface area contributed by atoms with E-state index < -0.39 is 20.2 Å². The molecule has 0 amide bonds. The summed E-state index contributed by atoms with van der Waals surface area (Å²) >= 11 is 0. The predicted molar refractivity (Wildman–Crippen MR) is 223 cm³/mol. The molecular formula is C44H58CaO10S2. The van der Waals surface area contributed by atoms with E-state index in [0.29, 0.717) is 12.0 Å². The third-order valence-corrected chi connectivity index (χ3v) is 11.1. The standard InChI is InChI=1S/2C22H30O5S.Ca/c2*1-2-3-4-5-6-7-8-9-12-18-13-10-16-21(22(18)23)27-19-14-11-15-20(17-19)28(24,25)26;/h2*10-11,13-17,23H,2-9,12H2,1H3,(H,24,25,26);/q;;+2/p-2. The summed E-state index contributed by atoms with van der Waals surface area (Å²) in [4.78, 5) is -0.632. The molecule has 0 radical (unpaired) electrons. The fourth-order valence-electron chi connectivity index (χ4n) is 6.23. The van der Waals surface area contributed by atoms with E-state index in [1.54, 1.807) is 30.3 Å². The summed E-state index contributed by atoms with van der Waals surface area (Å²) < 4.78 is 76.2. The number of phenolic OH excluding ortho intramolecular Hbond substituents is 1. The number of unbranched alkanes of at least 4 members (excludes halogenated alkanes) is 14. The molecule has 57 heavy (non-hydrogen) atoms. The van der Waals surface area contributed by atoms with Crippen LogP contribution in [0.15, 0.2) is 94.7 Å². The number of aryl methyl sites for hydroxylation is 2. The van der Waals surface area contributed by atoms with E-state index in [2.05, 4.69) is 13.8 Å². The van der Waals surface area contributed by atoms with Crippen molar-refractivity contribution in [1.29, 1.82) is 0 Å². The van der Waals surface area contributed by atoms with Gasteiger partial charge in [-0.05, 0) is 73.7 Å². The molecule has 0 saturated heterocycles. The number of aromatic hydroxyl groups is 1. The summed E-state index contributed by atoms with van der Waals surface area (Å²) in [5.41, 5.74) is 1.51. The van der Waals surface area contributed by atoms with Crippen LogP contribution in [0.3, 0.4) is 0 Å². The first kappa shape index (κ1) is 50.3. The second-order valence-corrected chi connectivity index (χ2v) is 16.8. The van der Waals surface area contributed by atoms with Gasteiger partial charge in [0.05, 0.1) is 9.79 Å². The van der Waals surface area contributed by atoms with Crippen LogP contribution < -0.4 is 14.6 Å². The van der Waals surface area contributed by atoms with E-state index >= 15 is 0 Å². The molecule has 10 nitrogen and oxygen atoms in total. The molecule has 4 aromatic carbocycles. The molecule has 0 aliphatic carbocycles. The molecule has 0 aromatic heterocycles. The molecule has 4 rings (SSSR count). The summed E-state index contributed by atoms with van der Waals surface area (Å²) in [7, 11) is -8.87. The second kappa shape index (κ2) is 27.0. The van der Waals surface area contributed by atoms with Gasteiger partial charge in [0, 0.05) is 6.07 Å². The second-order valence-electron chi connectivity index (χ2n) is 14.0. The van der Waals surface area contributed by atoms with Gasteiger partial charge in [-0.15, -0.1) is 0 Å². The monoisotopic (exact) mass is 850 g/mol. The van der Waals surface area contributed by atoms with Crippen molar-refractivity contribution in [3.05, 3.63) is 96.1 Å². The Morgan fingerprint density at radius 2 is 0.947 bits per heavy atom. The number of hydrogen-bond acceptors (Lipinski definition) is 9. The molecule has 0 bridgehead atoms. The molecule has 13 heteroatoms. The number of rotatable bonds is 24. The zero-order chi connectivity index (χ0) is 40.8. The first-order valence-corrected chi connectivity index (χ1v) is 22.8. The fourth-order valence-corrected chi connectivity index (χ4v) is 7.26. The molecule has 0 aliphatic heterocycles. The zero-order valence-corrected chi connectivity index (χ0v) is 37.3. The Morgan fingerprint density at radius 1 is 0.544 bits per heavy atom. The Hall–Kier alpha value is -2.84. The Labute approximate surface area is 370 Å². The Balaban J connectivity index is 0.000000387. The first-order chi connectivity index (χ1) is 26.8. The van der Waals surface area contributed by atoms with Gasteiger partial charge in [-0.25, -0.2) is 8.42 Å². The van der Waals surface area contributed by atoms with E-state index in [1.165, 1.54) is 113 Å². The summed E-state index contributed by atoms with van der Waals surface area (Å²) in [6.07, 6.45) is 20.9.